The lowest BCUT2D eigenvalue weighted by atomic mass is 10.1. The summed E-state index contributed by atoms with van der Waals surface area (Å²) in [6.07, 6.45) is 0. The third-order valence-electron chi connectivity index (χ3n) is 4.09. The average Bonchev–Trinajstić information content (AvgIpc) is 3.35. The first kappa shape index (κ1) is 17.7. The minimum Gasteiger partial charge on any atom is -0.456 e. The lowest BCUT2D eigenvalue weighted by Crippen LogP contribution is -2.19. The van der Waals surface area contributed by atoms with Crippen molar-refractivity contribution in [3.8, 4) is 22.9 Å². The van der Waals surface area contributed by atoms with E-state index in [4.69, 9.17) is 14.2 Å². The van der Waals surface area contributed by atoms with E-state index in [-0.39, 0.29) is 19.1 Å². The molecule has 1 aliphatic rings. The van der Waals surface area contributed by atoms with Crippen molar-refractivity contribution in [3.05, 3.63) is 53.6 Å². The normalized spacial score (nSPS) is 12.0. The highest BCUT2D eigenvalue weighted by molar-refractivity contribution is 5.98. The molecule has 1 aromatic heterocycles. The lowest BCUT2D eigenvalue weighted by Gasteiger charge is -2.04. The minimum absolute atomic E-state index is 0.122. The Morgan fingerprint density at radius 1 is 1.11 bits per heavy atom. The smallest absolute Gasteiger partial charge is 0.330 e. The molecule has 0 saturated heterocycles. The first-order chi connectivity index (χ1) is 13.6. The van der Waals surface area contributed by atoms with Crippen LogP contribution in [0.2, 0.25) is 0 Å². The van der Waals surface area contributed by atoms with Crippen LogP contribution in [0, 0.1) is 6.92 Å². The molecule has 0 N–H and O–H groups in total. The van der Waals surface area contributed by atoms with E-state index in [1.807, 2.05) is 31.2 Å². The first-order valence-electron chi connectivity index (χ1n) is 8.52. The molecule has 0 unspecified atom stereocenters. The van der Waals surface area contributed by atoms with Gasteiger partial charge < -0.3 is 14.2 Å². The summed E-state index contributed by atoms with van der Waals surface area (Å²) in [5.41, 5.74) is 2.28. The van der Waals surface area contributed by atoms with Crippen molar-refractivity contribution < 1.29 is 23.8 Å². The van der Waals surface area contributed by atoms with Gasteiger partial charge in [0.25, 0.3) is 0 Å². The summed E-state index contributed by atoms with van der Waals surface area (Å²) in [5, 5.41) is 11.9. The summed E-state index contributed by atoms with van der Waals surface area (Å²) in [6.45, 7) is 1.47. The van der Waals surface area contributed by atoms with Crippen molar-refractivity contribution in [2.45, 2.75) is 13.5 Å². The molecule has 0 radical (unpaired) electrons. The number of hydrogen-bond acceptors (Lipinski definition) is 8. The lowest BCUT2D eigenvalue weighted by molar-refractivity contribution is -0.143. The number of aromatic nitrogens is 4. The van der Waals surface area contributed by atoms with Gasteiger partial charge >= 0.3 is 5.97 Å². The standard InChI is InChI=1S/C19H16N4O5/c1-12-2-4-13(5-3-12)19-20-22-23(21-19)9-18(25)26-10-15(24)14-6-7-16-17(8-14)28-11-27-16/h2-8H,9-11H2,1H3. The second kappa shape index (κ2) is 7.47. The number of fused-ring (bicyclic) bond motifs is 1. The van der Waals surface area contributed by atoms with E-state index in [1.165, 1.54) is 0 Å². The third-order valence-corrected chi connectivity index (χ3v) is 4.09. The minimum atomic E-state index is -0.637. The SMILES string of the molecule is Cc1ccc(-c2nnn(CC(=O)OCC(=O)c3ccc4c(c3)OCO4)n2)cc1. The van der Waals surface area contributed by atoms with Gasteiger partial charge in [0.05, 0.1) is 0 Å². The Morgan fingerprint density at radius 3 is 2.71 bits per heavy atom. The van der Waals surface area contributed by atoms with Crippen LogP contribution in [0.25, 0.3) is 11.4 Å². The van der Waals surface area contributed by atoms with Crippen molar-refractivity contribution in [1.82, 2.24) is 20.2 Å². The Bertz CT molecular complexity index is 1030. The van der Waals surface area contributed by atoms with Crippen LogP contribution in [-0.4, -0.2) is 45.4 Å². The maximum absolute atomic E-state index is 12.2. The van der Waals surface area contributed by atoms with Gasteiger partial charge in [0, 0.05) is 11.1 Å². The number of nitrogens with zero attached hydrogens (tertiary/aromatic N) is 4. The van der Waals surface area contributed by atoms with Crippen molar-refractivity contribution in [1.29, 1.82) is 0 Å². The molecule has 28 heavy (non-hydrogen) atoms. The number of Topliss-reactive ketones (excluding diaryl/α,β-unsaturated/α-hetero) is 1. The van der Waals surface area contributed by atoms with Crippen LogP contribution < -0.4 is 9.47 Å². The molecule has 0 saturated carbocycles. The highest BCUT2D eigenvalue weighted by atomic mass is 16.7. The van der Waals surface area contributed by atoms with Gasteiger partial charge in [-0.25, -0.2) is 4.79 Å². The van der Waals surface area contributed by atoms with Crippen LogP contribution in [-0.2, 0) is 16.1 Å². The summed E-state index contributed by atoms with van der Waals surface area (Å²) in [4.78, 5) is 25.3. The van der Waals surface area contributed by atoms with Crippen molar-refractivity contribution in [3.63, 3.8) is 0 Å². The molecular formula is C19H16N4O5. The molecule has 2 aromatic carbocycles. The molecule has 0 atom stereocenters. The number of carbonyl (C=O) groups is 2. The number of tetrazole rings is 1. The zero-order valence-corrected chi connectivity index (χ0v) is 15.0. The molecule has 9 nitrogen and oxygen atoms in total. The average molecular weight is 380 g/mol. The van der Waals surface area contributed by atoms with Crippen molar-refractivity contribution in [2.75, 3.05) is 13.4 Å². The third kappa shape index (κ3) is 3.83. The Balaban J connectivity index is 1.32. The first-order valence-corrected chi connectivity index (χ1v) is 8.52. The Labute approximate surface area is 159 Å². The Kier molecular flexibility index (Phi) is 4.71. The molecule has 0 fully saturated rings. The highest BCUT2D eigenvalue weighted by Gasteiger charge is 2.18. The van der Waals surface area contributed by atoms with Crippen LogP contribution in [0.4, 0.5) is 0 Å². The predicted molar refractivity (Wildman–Crippen MR) is 95.8 cm³/mol. The van der Waals surface area contributed by atoms with Crippen LogP contribution in [0.3, 0.4) is 0 Å². The molecule has 4 rings (SSSR count). The van der Waals surface area contributed by atoms with Gasteiger partial charge in [-0.15, -0.1) is 10.2 Å². The molecule has 142 valence electrons. The summed E-state index contributed by atoms with van der Waals surface area (Å²) in [6, 6.07) is 12.4. The second-order valence-electron chi connectivity index (χ2n) is 6.16. The molecule has 0 bridgehead atoms. The number of carbonyl (C=O) groups excluding carboxylic acids is 2. The Hall–Kier alpha value is -3.75. The summed E-state index contributed by atoms with van der Waals surface area (Å²) in [7, 11) is 0. The van der Waals surface area contributed by atoms with Crippen LogP contribution in [0.1, 0.15) is 15.9 Å². The molecule has 3 aromatic rings. The maximum atomic E-state index is 12.2. The zero-order chi connectivity index (χ0) is 19.5. The van der Waals surface area contributed by atoms with Crippen molar-refractivity contribution >= 4 is 11.8 Å². The molecule has 9 heteroatoms. The number of hydrogen-bond donors (Lipinski definition) is 0. The topological polar surface area (TPSA) is 105 Å². The van der Waals surface area contributed by atoms with E-state index in [2.05, 4.69) is 15.4 Å². The van der Waals surface area contributed by atoms with E-state index in [1.54, 1.807) is 18.2 Å². The largest absolute Gasteiger partial charge is 0.456 e. The van der Waals surface area contributed by atoms with Gasteiger partial charge in [-0.1, -0.05) is 29.8 Å². The van der Waals surface area contributed by atoms with Crippen LogP contribution in [0.15, 0.2) is 42.5 Å². The molecule has 0 amide bonds. The molecule has 1 aliphatic heterocycles. The van der Waals surface area contributed by atoms with E-state index in [0.717, 1.165) is 15.9 Å². The van der Waals surface area contributed by atoms with Gasteiger partial charge in [-0.05, 0) is 30.3 Å². The summed E-state index contributed by atoms with van der Waals surface area (Å²) >= 11 is 0. The van der Waals surface area contributed by atoms with Gasteiger partial charge in [0.15, 0.2) is 30.4 Å². The fourth-order valence-corrected chi connectivity index (χ4v) is 2.59. The zero-order valence-electron chi connectivity index (χ0n) is 15.0. The number of ether oxygens (including phenoxy) is 3. The second-order valence-corrected chi connectivity index (χ2v) is 6.16. The number of rotatable bonds is 6. The number of benzene rings is 2. The Morgan fingerprint density at radius 2 is 1.89 bits per heavy atom. The van der Waals surface area contributed by atoms with E-state index in [9.17, 15) is 9.59 Å². The maximum Gasteiger partial charge on any atom is 0.330 e. The van der Waals surface area contributed by atoms with Gasteiger partial charge in [0.1, 0.15) is 0 Å². The number of esters is 1. The van der Waals surface area contributed by atoms with Gasteiger partial charge in [0.2, 0.25) is 12.6 Å². The molecule has 0 aliphatic carbocycles. The molecule has 0 spiro atoms. The van der Waals surface area contributed by atoms with Gasteiger partial charge in [-0.3, -0.25) is 4.79 Å². The monoisotopic (exact) mass is 380 g/mol. The number of aryl methyl sites for hydroxylation is 1. The van der Waals surface area contributed by atoms with E-state index in [0.29, 0.717) is 22.9 Å². The molecule has 2 heterocycles. The van der Waals surface area contributed by atoms with Crippen molar-refractivity contribution in [2.24, 2.45) is 0 Å². The predicted octanol–water partition coefficient (Wildman–Crippen LogP) is 1.80. The summed E-state index contributed by atoms with van der Waals surface area (Å²) < 4.78 is 15.4. The van der Waals surface area contributed by atoms with Gasteiger partial charge in [-0.2, -0.15) is 4.80 Å². The van der Waals surface area contributed by atoms with Crippen LogP contribution in [0.5, 0.6) is 11.5 Å². The number of ketones is 1. The fourth-order valence-electron chi connectivity index (χ4n) is 2.59. The molecular weight excluding hydrogens is 364 g/mol. The highest BCUT2D eigenvalue weighted by Crippen LogP contribution is 2.32. The van der Waals surface area contributed by atoms with Crippen LogP contribution >= 0.6 is 0 Å². The quantitative estimate of drug-likeness (QED) is 0.471. The summed E-state index contributed by atoms with van der Waals surface area (Å²) in [5.74, 6) is 0.493. The fraction of sp³-hybridized carbons (Fsp3) is 0.211. The van der Waals surface area contributed by atoms with E-state index >= 15 is 0 Å². The van der Waals surface area contributed by atoms with E-state index < -0.39 is 12.6 Å².